The van der Waals surface area contributed by atoms with E-state index in [1.165, 1.54) is 48.6 Å². The summed E-state index contributed by atoms with van der Waals surface area (Å²) < 4.78 is 1.19. The van der Waals surface area contributed by atoms with Crippen LogP contribution in [-0.2, 0) is 6.42 Å². The summed E-state index contributed by atoms with van der Waals surface area (Å²) in [5.41, 5.74) is 1.44. The second-order valence-corrected chi connectivity index (χ2v) is 6.82. The van der Waals surface area contributed by atoms with Crippen LogP contribution in [0.2, 0.25) is 0 Å². The normalized spacial score (nSPS) is 18.9. The Hall–Kier alpha value is 0.180. The first-order chi connectivity index (χ1) is 7.75. The molecule has 2 heteroatoms. The van der Waals surface area contributed by atoms with Crippen molar-refractivity contribution in [2.45, 2.75) is 43.4 Å². The van der Waals surface area contributed by atoms with Crippen LogP contribution in [-0.4, -0.2) is 4.83 Å². The van der Waals surface area contributed by atoms with Gasteiger partial charge in [0.15, 0.2) is 0 Å². The van der Waals surface area contributed by atoms with Crippen LogP contribution in [0.5, 0.6) is 0 Å². The van der Waals surface area contributed by atoms with Gasteiger partial charge in [-0.1, -0.05) is 56.8 Å². The second kappa shape index (κ2) is 6.20. The first kappa shape index (κ1) is 12.6. The molecule has 0 aliphatic heterocycles. The third-order valence-electron chi connectivity index (χ3n) is 3.51. The van der Waals surface area contributed by atoms with E-state index in [9.17, 15) is 0 Å². The maximum atomic E-state index is 3.87. The number of hydrogen-bond donors (Lipinski definition) is 0. The number of alkyl halides is 1. The Balaban J connectivity index is 1.82. The summed E-state index contributed by atoms with van der Waals surface area (Å²) in [4.78, 5) is 0.717. The molecule has 0 radical (unpaired) electrons. The summed E-state index contributed by atoms with van der Waals surface area (Å²) in [5, 5.41) is 0. The zero-order chi connectivity index (χ0) is 11.4. The Morgan fingerprint density at radius 1 is 1.25 bits per heavy atom. The minimum Gasteiger partial charge on any atom is -0.0888 e. The topological polar surface area (TPSA) is 0 Å². The minimum atomic E-state index is 0.717. The first-order valence-corrected chi connectivity index (χ1v) is 7.85. The van der Waals surface area contributed by atoms with Gasteiger partial charge in [0.1, 0.15) is 0 Å². The van der Waals surface area contributed by atoms with E-state index in [-0.39, 0.29) is 0 Å². The van der Waals surface area contributed by atoms with E-state index in [4.69, 9.17) is 0 Å². The van der Waals surface area contributed by atoms with Crippen LogP contribution in [0.15, 0.2) is 28.7 Å². The molecule has 1 atom stereocenters. The van der Waals surface area contributed by atoms with Crippen molar-refractivity contribution in [1.82, 2.24) is 0 Å². The molecule has 1 aromatic carbocycles. The Kier molecular flexibility index (Phi) is 4.90. The summed E-state index contributed by atoms with van der Waals surface area (Å²) in [6.07, 6.45) is 8.17. The SMILES string of the molecule is Brc1cccc(CCC(Br)C2CCCC2)c1. The third-order valence-corrected chi connectivity index (χ3v) is 5.21. The van der Waals surface area contributed by atoms with Crippen molar-refractivity contribution in [3.63, 3.8) is 0 Å². The average molecular weight is 346 g/mol. The molecule has 0 amide bonds. The number of hydrogen-bond acceptors (Lipinski definition) is 0. The van der Waals surface area contributed by atoms with Crippen molar-refractivity contribution in [2.75, 3.05) is 0 Å². The van der Waals surface area contributed by atoms with Crippen molar-refractivity contribution >= 4 is 31.9 Å². The van der Waals surface area contributed by atoms with Gasteiger partial charge in [-0.2, -0.15) is 0 Å². The lowest BCUT2D eigenvalue weighted by molar-refractivity contribution is 0.506. The molecule has 0 N–H and O–H groups in total. The summed E-state index contributed by atoms with van der Waals surface area (Å²) in [6.45, 7) is 0. The molecule has 16 heavy (non-hydrogen) atoms. The average Bonchev–Trinajstić information content (AvgIpc) is 2.79. The van der Waals surface area contributed by atoms with E-state index in [1.807, 2.05) is 0 Å². The largest absolute Gasteiger partial charge is 0.0888 e. The van der Waals surface area contributed by atoms with E-state index in [2.05, 4.69) is 56.1 Å². The Labute approximate surface area is 115 Å². The zero-order valence-corrected chi connectivity index (χ0v) is 12.6. The van der Waals surface area contributed by atoms with E-state index < -0.39 is 0 Å². The van der Waals surface area contributed by atoms with Crippen LogP contribution in [0.3, 0.4) is 0 Å². The predicted molar refractivity (Wildman–Crippen MR) is 77.1 cm³/mol. The number of aryl methyl sites for hydroxylation is 1. The highest BCUT2D eigenvalue weighted by Crippen LogP contribution is 2.33. The molecule has 1 aromatic rings. The number of rotatable bonds is 4. The van der Waals surface area contributed by atoms with E-state index >= 15 is 0 Å². The van der Waals surface area contributed by atoms with Gasteiger partial charge in [0.25, 0.3) is 0 Å². The van der Waals surface area contributed by atoms with Crippen molar-refractivity contribution < 1.29 is 0 Å². The van der Waals surface area contributed by atoms with Crippen molar-refractivity contribution in [3.8, 4) is 0 Å². The van der Waals surface area contributed by atoms with Crippen LogP contribution >= 0.6 is 31.9 Å². The van der Waals surface area contributed by atoms with Gasteiger partial charge in [-0.3, -0.25) is 0 Å². The second-order valence-electron chi connectivity index (χ2n) is 4.73. The zero-order valence-electron chi connectivity index (χ0n) is 9.46. The van der Waals surface area contributed by atoms with Crippen LogP contribution < -0.4 is 0 Å². The molecule has 0 aromatic heterocycles. The summed E-state index contributed by atoms with van der Waals surface area (Å²) >= 11 is 7.39. The fourth-order valence-electron chi connectivity index (χ4n) is 2.55. The Morgan fingerprint density at radius 3 is 2.69 bits per heavy atom. The molecule has 1 fully saturated rings. The fourth-order valence-corrected chi connectivity index (χ4v) is 3.76. The lowest BCUT2D eigenvalue weighted by Crippen LogP contribution is -2.11. The molecular weight excluding hydrogens is 328 g/mol. The third kappa shape index (κ3) is 3.59. The van der Waals surface area contributed by atoms with Crippen molar-refractivity contribution in [2.24, 2.45) is 5.92 Å². The van der Waals surface area contributed by atoms with E-state index in [0.717, 1.165) is 5.92 Å². The highest BCUT2D eigenvalue weighted by molar-refractivity contribution is 9.10. The molecule has 0 heterocycles. The summed E-state index contributed by atoms with van der Waals surface area (Å²) in [6, 6.07) is 8.66. The molecule has 1 saturated carbocycles. The molecule has 0 saturated heterocycles. The van der Waals surface area contributed by atoms with Crippen LogP contribution in [0.25, 0.3) is 0 Å². The predicted octanol–water partition coefficient (Wildman–Crippen LogP) is 5.34. The quantitative estimate of drug-likeness (QED) is 0.646. The van der Waals surface area contributed by atoms with Gasteiger partial charge in [-0.25, -0.2) is 0 Å². The number of halogens is 2. The fraction of sp³-hybridized carbons (Fsp3) is 0.571. The molecule has 1 aliphatic carbocycles. The van der Waals surface area contributed by atoms with Gasteiger partial charge in [0.2, 0.25) is 0 Å². The Morgan fingerprint density at radius 2 is 2.00 bits per heavy atom. The monoisotopic (exact) mass is 344 g/mol. The van der Waals surface area contributed by atoms with Crippen molar-refractivity contribution in [1.29, 1.82) is 0 Å². The van der Waals surface area contributed by atoms with Gasteiger partial charge in [0, 0.05) is 9.30 Å². The van der Waals surface area contributed by atoms with Gasteiger partial charge < -0.3 is 0 Å². The maximum absolute atomic E-state index is 3.87. The van der Waals surface area contributed by atoms with E-state index in [1.54, 1.807) is 0 Å². The lowest BCUT2D eigenvalue weighted by atomic mass is 9.98. The molecule has 1 unspecified atom stereocenters. The van der Waals surface area contributed by atoms with Gasteiger partial charge in [-0.05, 0) is 49.3 Å². The Bertz CT molecular complexity index is 329. The minimum absolute atomic E-state index is 0.717. The first-order valence-electron chi connectivity index (χ1n) is 6.14. The molecule has 2 rings (SSSR count). The standard InChI is InChI=1S/C14H18Br2/c15-13-7-3-4-11(10-13)8-9-14(16)12-5-1-2-6-12/h3-4,7,10,12,14H,1-2,5-6,8-9H2. The molecule has 1 aliphatic rings. The van der Waals surface area contributed by atoms with Crippen LogP contribution in [0.4, 0.5) is 0 Å². The van der Waals surface area contributed by atoms with Gasteiger partial charge in [0.05, 0.1) is 0 Å². The molecule has 0 bridgehead atoms. The smallest absolute Gasteiger partial charge is 0.0177 e. The van der Waals surface area contributed by atoms with Crippen LogP contribution in [0, 0.1) is 5.92 Å². The highest BCUT2D eigenvalue weighted by atomic mass is 79.9. The lowest BCUT2D eigenvalue weighted by Gasteiger charge is -2.16. The summed E-state index contributed by atoms with van der Waals surface area (Å²) in [5.74, 6) is 0.923. The summed E-state index contributed by atoms with van der Waals surface area (Å²) in [7, 11) is 0. The molecule has 0 nitrogen and oxygen atoms in total. The van der Waals surface area contributed by atoms with E-state index in [0.29, 0.717) is 4.83 Å². The molecule has 0 spiro atoms. The van der Waals surface area contributed by atoms with Crippen molar-refractivity contribution in [3.05, 3.63) is 34.3 Å². The molecule has 88 valence electrons. The number of benzene rings is 1. The van der Waals surface area contributed by atoms with Gasteiger partial charge >= 0.3 is 0 Å². The molecular formula is C14H18Br2. The van der Waals surface area contributed by atoms with Gasteiger partial charge in [-0.15, -0.1) is 0 Å². The maximum Gasteiger partial charge on any atom is 0.0177 e. The highest BCUT2D eigenvalue weighted by Gasteiger charge is 2.22. The van der Waals surface area contributed by atoms with Crippen LogP contribution in [0.1, 0.15) is 37.7 Å².